The Hall–Kier alpha value is -1.97. The number of hydrogen-bond donors (Lipinski definition) is 0. The van der Waals surface area contributed by atoms with Crippen molar-refractivity contribution in [3.8, 4) is 17.1 Å². The molecule has 3 rings (SSSR count). The van der Waals surface area contributed by atoms with Gasteiger partial charge in [0.1, 0.15) is 5.82 Å². The lowest BCUT2D eigenvalue weighted by atomic mass is 9.80. The van der Waals surface area contributed by atoms with E-state index in [9.17, 15) is 4.39 Å². The summed E-state index contributed by atoms with van der Waals surface area (Å²) in [7, 11) is 0. The normalized spacial score (nSPS) is 18.8. The Morgan fingerprint density at radius 1 is 0.903 bits per heavy atom. The fraction of sp³-hybridized carbons (Fsp3) is 0.630. The molecule has 1 aromatic carbocycles. The molecule has 170 valence electrons. The fourth-order valence-corrected chi connectivity index (χ4v) is 4.59. The van der Waals surface area contributed by atoms with E-state index in [-0.39, 0.29) is 5.82 Å². The highest BCUT2D eigenvalue weighted by atomic mass is 19.1. The van der Waals surface area contributed by atoms with E-state index in [2.05, 4.69) is 23.8 Å². The van der Waals surface area contributed by atoms with E-state index in [1.807, 2.05) is 6.07 Å². The van der Waals surface area contributed by atoms with Crippen LogP contribution in [0.15, 0.2) is 30.6 Å². The van der Waals surface area contributed by atoms with Crippen molar-refractivity contribution in [2.45, 2.75) is 90.9 Å². The van der Waals surface area contributed by atoms with Crippen LogP contribution in [0.2, 0.25) is 0 Å². The smallest absolute Gasteiger partial charge is 0.162 e. The highest BCUT2D eigenvalue weighted by Crippen LogP contribution is 2.32. The molecule has 1 aliphatic rings. The second-order valence-electron chi connectivity index (χ2n) is 9.21. The monoisotopic (exact) mass is 426 g/mol. The molecule has 0 radical (unpaired) electrons. The van der Waals surface area contributed by atoms with Crippen LogP contribution >= 0.6 is 0 Å². The van der Waals surface area contributed by atoms with Gasteiger partial charge in [0.05, 0.1) is 24.6 Å². The van der Waals surface area contributed by atoms with Crippen LogP contribution in [0.1, 0.15) is 90.0 Å². The molecule has 0 atom stereocenters. The van der Waals surface area contributed by atoms with Gasteiger partial charge >= 0.3 is 0 Å². The number of ether oxygens (including phenoxy) is 1. The lowest BCUT2D eigenvalue weighted by Crippen LogP contribution is -2.20. The van der Waals surface area contributed by atoms with Gasteiger partial charge in [0, 0.05) is 0 Å². The summed E-state index contributed by atoms with van der Waals surface area (Å²) in [5, 5.41) is 0. The number of hydrogen-bond acceptors (Lipinski definition) is 3. The van der Waals surface area contributed by atoms with Crippen molar-refractivity contribution in [1.29, 1.82) is 0 Å². The second kappa shape index (κ2) is 12.8. The summed E-state index contributed by atoms with van der Waals surface area (Å²) >= 11 is 0. The Balaban J connectivity index is 1.45. The van der Waals surface area contributed by atoms with Crippen LogP contribution in [-0.4, -0.2) is 16.6 Å². The van der Waals surface area contributed by atoms with Crippen molar-refractivity contribution in [2.24, 2.45) is 11.8 Å². The van der Waals surface area contributed by atoms with E-state index < -0.39 is 0 Å². The summed E-state index contributed by atoms with van der Waals surface area (Å²) in [6.07, 6.45) is 18.3. The molecule has 0 unspecified atom stereocenters. The summed E-state index contributed by atoms with van der Waals surface area (Å²) in [5.41, 5.74) is 1.49. The molecule has 4 heteroatoms. The van der Waals surface area contributed by atoms with Gasteiger partial charge in [0.25, 0.3) is 0 Å². The van der Waals surface area contributed by atoms with E-state index in [4.69, 9.17) is 4.74 Å². The predicted molar refractivity (Wildman–Crippen MR) is 126 cm³/mol. The SMILES string of the molecule is CCCCCc1ccc(-c2ncc(OC[C@H]3CC[C@H](CCCCC)CC3)cn2)c(F)c1. The minimum atomic E-state index is -0.252. The molecular weight excluding hydrogens is 387 g/mol. The first-order valence-electron chi connectivity index (χ1n) is 12.4. The standard InChI is InChI=1S/C27H39FN2O/c1-3-5-7-9-21-11-13-23(14-12-21)20-31-24-18-29-27(30-19-24)25-16-15-22(17-26(25)28)10-8-6-4-2/h15-19,21,23H,3-14,20H2,1-2H3/t21-,23-. The van der Waals surface area contributed by atoms with Gasteiger partial charge in [-0.25, -0.2) is 14.4 Å². The summed E-state index contributed by atoms with van der Waals surface area (Å²) in [4.78, 5) is 8.71. The Morgan fingerprint density at radius 3 is 2.26 bits per heavy atom. The third-order valence-electron chi connectivity index (χ3n) is 6.64. The zero-order chi connectivity index (χ0) is 21.9. The van der Waals surface area contributed by atoms with Crippen LogP contribution in [0.5, 0.6) is 5.75 Å². The van der Waals surface area contributed by atoms with Gasteiger partial charge in [-0.15, -0.1) is 0 Å². The molecule has 0 saturated heterocycles. The first-order valence-corrected chi connectivity index (χ1v) is 12.4. The summed E-state index contributed by atoms with van der Waals surface area (Å²) < 4.78 is 20.5. The van der Waals surface area contributed by atoms with Crippen LogP contribution in [0.4, 0.5) is 4.39 Å². The molecule has 1 fully saturated rings. The van der Waals surface area contributed by atoms with Gasteiger partial charge in [-0.05, 0) is 55.2 Å². The van der Waals surface area contributed by atoms with Crippen molar-refractivity contribution in [2.75, 3.05) is 6.61 Å². The molecule has 3 nitrogen and oxygen atoms in total. The van der Waals surface area contributed by atoms with Gasteiger partial charge in [0.15, 0.2) is 11.6 Å². The molecule has 1 aliphatic carbocycles. The molecule has 1 aromatic heterocycles. The van der Waals surface area contributed by atoms with Gasteiger partial charge in [-0.3, -0.25) is 0 Å². The lowest BCUT2D eigenvalue weighted by molar-refractivity contribution is 0.177. The van der Waals surface area contributed by atoms with Crippen molar-refractivity contribution in [3.63, 3.8) is 0 Å². The molecule has 0 N–H and O–H groups in total. The Labute approximate surface area is 187 Å². The first-order chi connectivity index (χ1) is 15.2. The van der Waals surface area contributed by atoms with Crippen molar-refractivity contribution >= 4 is 0 Å². The molecule has 0 bridgehead atoms. The quantitative estimate of drug-likeness (QED) is 0.325. The average Bonchev–Trinajstić information content (AvgIpc) is 2.79. The molecule has 2 aromatic rings. The lowest BCUT2D eigenvalue weighted by Gasteiger charge is -2.28. The molecule has 1 heterocycles. The third-order valence-corrected chi connectivity index (χ3v) is 6.64. The van der Waals surface area contributed by atoms with Gasteiger partial charge < -0.3 is 4.74 Å². The van der Waals surface area contributed by atoms with Crippen molar-refractivity contribution < 1.29 is 9.13 Å². The second-order valence-corrected chi connectivity index (χ2v) is 9.21. The average molecular weight is 427 g/mol. The zero-order valence-corrected chi connectivity index (χ0v) is 19.4. The Kier molecular flexibility index (Phi) is 9.77. The number of benzene rings is 1. The summed E-state index contributed by atoms with van der Waals surface area (Å²) in [6.45, 7) is 5.17. The number of nitrogens with zero attached hydrogens (tertiary/aromatic N) is 2. The van der Waals surface area contributed by atoms with Gasteiger partial charge in [0.2, 0.25) is 0 Å². The summed E-state index contributed by atoms with van der Waals surface area (Å²) in [5.74, 6) is 2.37. The molecule has 0 spiro atoms. The fourth-order valence-electron chi connectivity index (χ4n) is 4.59. The summed E-state index contributed by atoms with van der Waals surface area (Å²) in [6, 6.07) is 5.41. The van der Waals surface area contributed by atoms with Gasteiger partial charge in [-0.1, -0.05) is 71.3 Å². The maximum absolute atomic E-state index is 14.6. The van der Waals surface area contributed by atoms with E-state index in [1.165, 1.54) is 64.2 Å². The van der Waals surface area contributed by atoms with Crippen LogP contribution in [-0.2, 0) is 6.42 Å². The number of aromatic nitrogens is 2. The molecular formula is C27H39FN2O. The predicted octanol–water partition coefficient (Wildman–Crippen LogP) is 7.78. The molecule has 0 amide bonds. The number of halogens is 1. The maximum atomic E-state index is 14.6. The van der Waals surface area contributed by atoms with E-state index >= 15 is 0 Å². The number of rotatable bonds is 12. The van der Waals surface area contributed by atoms with E-state index in [0.717, 1.165) is 30.9 Å². The topological polar surface area (TPSA) is 35.0 Å². The van der Waals surface area contributed by atoms with E-state index in [0.29, 0.717) is 23.1 Å². The maximum Gasteiger partial charge on any atom is 0.162 e. The van der Waals surface area contributed by atoms with Crippen LogP contribution < -0.4 is 4.74 Å². The van der Waals surface area contributed by atoms with Crippen LogP contribution in [0, 0.1) is 17.7 Å². The zero-order valence-electron chi connectivity index (χ0n) is 19.4. The highest BCUT2D eigenvalue weighted by molar-refractivity contribution is 5.56. The Morgan fingerprint density at radius 2 is 1.58 bits per heavy atom. The molecule has 0 aliphatic heterocycles. The van der Waals surface area contributed by atoms with Crippen LogP contribution in [0.25, 0.3) is 11.4 Å². The van der Waals surface area contributed by atoms with Crippen molar-refractivity contribution in [1.82, 2.24) is 9.97 Å². The van der Waals surface area contributed by atoms with Crippen molar-refractivity contribution in [3.05, 3.63) is 42.0 Å². The van der Waals surface area contributed by atoms with E-state index in [1.54, 1.807) is 24.5 Å². The minimum Gasteiger partial charge on any atom is -0.490 e. The highest BCUT2D eigenvalue weighted by Gasteiger charge is 2.21. The van der Waals surface area contributed by atoms with Gasteiger partial charge in [-0.2, -0.15) is 0 Å². The largest absolute Gasteiger partial charge is 0.490 e. The Bertz CT molecular complexity index is 769. The van der Waals surface area contributed by atoms with Crippen LogP contribution in [0.3, 0.4) is 0 Å². The third kappa shape index (κ3) is 7.59. The minimum absolute atomic E-state index is 0.252. The number of unbranched alkanes of at least 4 members (excludes halogenated alkanes) is 4. The number of aryl methyl sites for hydroxylation is 1. The first kappa shape index (κ1) is 23.7. The molecule has 31 heavy (non-hydrogen) atoms. The molecule has 1 saturated carbocycles.